The molecule has 0 radical (unpaired) electrons. The maximum Gasteiger partial charge on any atom is 0.224 e. The number of benzene rings is 1. The molecule has 1 aromatic rings. The van der Waals surface area contributed by atoms with E-state index in [0.717, 1.165) is 43.1 Å². The lowest BCUT2D eigenvalue weighted by Crippen LogP contribution is -2.38. The van der Waals surface area contributed by atoms with E-state index >= 15 is 0 Å². The second-order valence-corrected chi connectivity index (χ2v) is 6.84. The van der Waals surface area contributed by atoms with Crippen LogP contribution in [0.1, 0.15) is 37.7 Å². The zero-order valence-electron chi connectivity index (χ0n) is 15.0. The van der Waals surface area contributed by atoms with Crippen LogP contribution in [0.2, 0.25) is 0 Å². The van der Waals surface area contributed by atoms with Crippen LogP contribution in [0.4, 0.5) is 5.69 Å². The number of piperidine rings is 1. The van der Waals surface area contributed by atoms with Crippen LogP contribution in [0.5, 0.6) is 5.75 Å². The van der Waals surface area contributed by atoms with Crippen LogP contribution in [0.25, 0.3) is 0 Å². The average molecular weight is 382 g/mol. The van der Waals surface area contributed by atoms with Crippen LogP contribution in [-0.4, -0.2) is 38.1 Å². The van der Waals surface area contributed by atoms with Crippen molar-refractivity contribution in [3.8, 4) is 5.75 Å². The number of aryl methyl sites for hydroxylation is 1. The summed E-state index contributed by atoms with van der Waals surface area (Å²) < 4.78 is 5.74. The zero-order chi connectivity index (χ0) is 17.5. The summed E-state index contributed by atoms with van der Waals surface area (Å²) in [4.78, 5) is 23.2. The number of nitrogens with one attached hydrogen (secondary N) is 3. The van der Waals surface area contributed by atoms with Crippen LogP contribution < -0.4 is 20.7 Å². The Morgan fingerprint density at radius 1 is 1.31 bits per heavy atom. The number of carbonyl (C=O) groups is 2. The number of ether oxygens (including phenoxy) is 1. The quantitative estimate of drug-likeness (QED) is 0.633. The van der Waals surface area contributed by atoms with Crippen molar-refractivity contribution in [3.05, 3.63) is 23.8 Å². The van der Waals surface area contributed by atoms with Crippen molar-refractivity contribution in [3.63, 3.8) is 0 Å². The van der Waals surface area contributed by atoms with Crippen LogP contribution >= 0.6 is 12.4 Å². The van der Waals surface area contributed by atoms with Crippen LogP contribution in [-0.2, 0) is 16.0 Å². The van der Waals surface area contributed by atoms with Crippen LogP contribution in [0, 0.1) is 5.92 Å². The van der Waals surface area contributed by atoms with E-state index in [2.05, 4.69) is 16.0 Å². The van der Waals surface area contributed by atoms with Gasteiger partial charge in [0, 0.05) is 25.1 Å². The average Bonchev–Trinajstić information content (AvgIpc) is 2.64. The van der Waals surface area contributed by atoms with Crippen molar-refractivity contribution in [2.45, 2.75) is 38.5 Å². The number of hydrogen-bond donors (Lipinski definition) is 3. The normalized spacial score (nSPS) is 18.9. The van der Waals surface area contributed by atoms with Crippen molar-refractivity contribution in [1.29, 1.82) is 0 Å². The summed E-state index contributed by atoms with van der Waals surface area (Å²) >= 11 is 0. The highest BCUT2D eigenvalue weighted by Crippen LogP contribution is 2.26. The highest BCUT2D eigenvalue weighted by atomic mass is 35.5. The second-order valence-electron chi connectivity index (χ2n) is 6.84. The Kier molecular flexibility index (Phi) is 8.19. The first-order chi connectivity index (χ1) is 12.2. The highest BCUT2D eigenvalue weighted by molar-refractivity contribution is 5.94. The summed E-state index contributed by atoms with van der Waals surface area (Å²) in [6.45, 7) is 3.38. The SMILES string of the molecule is Cl.O=C(CCCOc1ccc2c(c1)CCC(=O)N2)NCC1CCCNC1. The van der Waals surface area contributed by atoms with Gasteiger partial charge in [0.1, 0.15) is 5.75 Å². The number of hydrogen-bond acceptors (Lipinski definition) is 4. The zero-order valence-corrected chi connectivity index (χ0v) is 15.8. The van der Waals surface area contributed by atoms with Crippen molar-refractivity contribution >= 4 is 29.9 Å². The first-order valence-electron chi connectivity index (χ1n) is 9.24. The van der Waals surface area contributed by atoms with Gasteiger partial charge in [0.2, 0.25) is 11.8 Å². The molecule has 2 aliphatic heterocycles. The lowest BCUT2D eigenvalue weighted by molar-refractivity contribution is -0.121. The molecule has 0 spiro atoms. The van der Waals surface area contributed by atoms with Crippen LogP contribution in [0.3, 0.4) is 0 Å². The molecule has 0 saturated carbocycles. The largest absolute Gasteiger partial charge is 0.494 e. The van der Waals surface area contributed by atoms with E-state index in [0.29, 0.717) is 31.8 Å². The fourth-order valence-electron chi connectivity index (χ4n) is 3.32. The van der Waals surface area contributed by atoms with Gasteiger partial charge in [0.15, 0.2) is 0 Å². The van der Waals surface area contributed by atoms with Gasteiger partial charge in [-0.15, -0.1) is 12.4 Å². The van der Waals surface area contributed by atoms with E-state index in [1.165, 1.54) is 12.8 Å². The molecular formula is C19H28ClN3O3. The van der Waals surface area contributed by atoms with Gasteiger partial charge in [-0.05, 0) is 68.5 Å². The Bertz CT molecular complexity index is 618. The lowest BCUT2D eigenvalue weighted by Gasteiger charge is -2.22. The molecule has 1 unspecified atom stereocenters. The minimum atomic E-state index is 0. The fraction of sp³-hybridized carbons (Fsp3) is 0.579. The molecule has 26 heavy (non-hydrogen) atoms. The molecule has 1 fully saturated rings. The second kappa shape index (κ2) is 10.4. The van der Waals surface area contributed by atoms with E-state index < -0.39 is 0 Å². The molecule has 2 heterocycles. The molecule has 2 aliphatic rings. The number of anilines is 1. The molecule has 2 amide bonds. The summed E-state index contributed by atoms with van der Waals surface area (Å²) in [6, 6.07) is 5.72. The Morgan fingerprint density at radius 3 is 3.00 bits per heavy atom. The summed E-state index contributed by atoms with van der Waals surface area (Å²) in [6.07, 6.45) is 4.83. The standard InChI is InChI=1S/C19H27N3O3.ClH/c23-18(21-13-14-3-1-9-20-12-14)4-2-10-25-16-6-7-17-15(11-16)5-8-19(24)22-17;/h6-7,11,14,20H,1-5,8-10,12-13H2,(H,21,23)(H,22,24);1H. The van der Waals surface area contributed by atoms with Crippen molar-refractivity contribution in [1.82, 2.24) is 10.6 Å². The highest BCUT2D eigenvalue weighted by Gasteiger charge is 2.15. The topological polar surface area (TPSA) is 79.5 Å². The molecule has 0 aromatic heterocycles. The smallest absolute Gasteiger partial charge is 0.224 e. The van der Waals surface area contributed by atoms with Gasteiger partial charge in [-0.1, -0.05) is 0 Å². The monoisotopic (exact) mass is 381 g/mol. The minimum absolute atomic E-state index is 0. The molecule has 1 aromatic carbocycles. The summed E-state index contributed by atoms with van der Waals surface area (Å²) in [5.41, 5.74) is 1.98. The first kappa shape index (κ1) is 20.5. The maximum absolute atomic E-state index is 11.9. The van der Waals surface area contributed by atoms with Gasteiger partial charge in [-0.3, -0.25) is 9.59 Å². The predicted molar refractivity (Wildman–Crippen MR) is 104 cm³/mol. The molecular weight excluding hydrogens is 354 g/mol. The first-order valence-corrected chi connectivity index (χ1v) is 9.24. The van der Waals surface area contributed by atoms with Crippen molar-refractivity contribution < 1.29 is 14.3 Å². The third kappa shape index (κ3) is 6.18. The van der Waals surface area contributed by atoms with Gasteiger partial charge < -0.3 is 20.7 Å². The number of fused-ring (bicyclic) bond motifs is 1. The van der Waals surface area contributed by atoms with E-state index in [4.69, 9.17) is 4.74 Å². The van der Waals surface area contributed by atoms with E-state index in [-0.39, 0.29) is 24.2 Å². The number of rotatable bonds is 7. The molecule has 1 saturated heterocycles. The lowest BCUT2D eigenvalue weighted by atomic mass is 10.00. The molecule has 0 bridgehead atoms. The Labute approximate surface area is 160 Å². The maximum atomic E-state index is 11.9. The minimum Gasteiger partial charge on any atom is -0.494 e. The number of carbonyl (C=O) groups excluding carboxylic acids is 2. The van der Waals surface area contributed by atoms with E-state index in [1.54, 1.807) is 0 Å². The number of amides is 2. The Balaban J connectivity index is 0.00000243. The van der Waals surface area contributed by atoms with Gasteiger partial charge in [0.05, 0.1) is 6.61 Å². The van der Waals surface area contributed by atoms with Crippen LogP contribution in [0.15, 0.2) is 18.2 Å². The third-order valence-corrected chi connectivity index (χ3v) is 4.78. The molecule has 144 valence electrons. The van der Waals surface area contributed by atoms with Gasteiger partial charge in [0.25, 0.3) is 0 Å². The molecule has 3 rings (SSSR count). The molecule has 0 aliphatic carbocycles. The summed E-state index contributed by atoms with van der Waals surface area (Å²) in [7, 11) is 0. The fourth-order valence-corrected chi connectivity index (χ4v) is 3.32. The van der Waals surface area contributed by atoms with Crippen molar-refractivity contribution in [2.75, 3.05) is 31.6 Å². The summed E-state index contributed by atoms with van der Waals surface area (Å²) in [5, 5.41) is 9.24. The predicted octanol–water partition coefficient (Wildman–Crippen LogP) is 2.27. The third-order valence-electron chi connectivity index (χ3n) is 4.78. The molecule has 6 nitrogen and oxygen atoms in total. The Hall–Kier alpha value is -1.79. The van der Waals surface area contributed by atoms with Gasteiger partial charge >= 0.3 is 0 Å². The molecule has 1 atom stereocenters. The summed E-state index contributed by atoms with van der Waals surface area (Å²) in [5.74, 6) is 1.52. The van der Waals surface area contributed by atoms with E-state index in [9.17, 15) is 9.59 Å². The van der Waals surface area contributed by atoms with E-state index in [1.807, 2.05) is 18.2 Å². The Morgan fingerprint density at radius 2 is 2.19 bits per heavy atom. The number of halogens is 1. The van der Waals surface area contributed by atoms with Gasteiger partial charge in [-0.2, -0.15) is 0 Å². The molecule has 7 heteroatoms. The molecule has 3 N–H and O–H groups in total. The van der Waals surface area contributed by atoms with Crippen molar-refractivity contribution in [2.24, 2.45) is 5.92 Å². The van der Waals surface area contributed by atoms with Gasteiger partial charge in [-0.25, -0.2) is 0 Å².